The molecular formula is C18H25Cl2N3OS. The van der Waals surface area contributed by atoms with Gasteiger partial charge in [-0.25, -0.2) is 4.98 Å². The largest absolute Gasteiger partial charge is 0.349 e. The molecule has 0 spiro atoms. The number of nitrogens with one attached hydrogen (secondary N) is 1. The third-order valence-corrected chi connectivity index (χ3v) is 5.53. The maximum atomic E-state index is 12.6. The van der Waals surface area contributed by atoms with Crippen molar-refractivity contribution >= 4 is 42.1 Å². The third-order valence-electron chi connectivity index (χ3n) is 4.52. The average Bonchev–Trinajstić information content (AvgIpc) is 3.02. The molecule has 2 unspecified atom stereocenters. The summed E-state index contributed by atoms with van der Waals surface area (Å²) in [4.78, 5) is 17.1. The summed E-state index contributed by atoms with van der Waals surface area (Å²) in [6, 6.07) is 7.90. The highest BCUT2D eigenvalue weighted by atomic mass is 35.5. The zero-order valence-electron chi connectivity index (χ0n) is 14.2. The lowest BCUT2D eigenvalue weighted by Gasteiger charge is -2.31. The first-order valence-electron chi connectivity index (χ1n) is 8.21. The molecule has 7 heteroatoms. The minimum absolute atomic E-state index is 0. The number of aromatic nitrogens is 1. The van der Waals surface area contributed by atoms with E-state index in [1.807, 2.05) is 36.6 Å². The van der Waals surface area contributed by atoms with Gasteiger partial charge in [0, 0.05) is 28.2 Å². The van der Waals surface area contributed by atoms with Gasteiger partial charge in [0.2, 0.25) is 0 Å². The van der Waals surface area contributed by atoms with E-state index in [2.05, 4.69) is 10.3 Å². The van der Waals surface area contributed by atoms with Gasteiger partial charge in [-0.05, 0) is 44.4 Å². The van der Waals surface area contributed by atoms with E-state index in [-0.39, 0.29) is 36.8 Å². The lowest BCUT2D eigenvalue weighted by molar-refractivity contribution is 0.0908. The lowest BCUT2D eigenvalue weighted by atomic mass is 9.84. The molecule has 0 aliphatic heterocycles. The molecular weight excluding hydrogens is 377 g/mol. The molecule has 1 heterocycles. The quantitative estimate of drug-likeness (QED) is 0.805. The minimum atomic E-state index is -0.00882. The zero-order valence-corrected chi connectivity index (χ0v) is 16.7. The number of aryl methyl sites for hydroxylation is 1. The number of nitrogens with two attached hydrogens (primary N) is 1. The molecule has 2 atom stereocenters. The number of hydrogen-bond acceptors (Lipinski definition) is 4. The van der Waals surface area contributed by atoms with E-state index >= 15 is 0 Å². The van der Waals surface area contributed by atoms with Gasteiger partial charge in [0.1, 0.15) is 5.01 Å². The Hall–Kier alpha value is -1.14. The Labute approximate surface area is 165 Å². The molecule has 25 heavy (non-hydrogen) atoms. The van der Waals surface area contributed by atoms with E-state index in [9.17, 15) is 4.79 Å². The number of carbonyl (C=O) groups is 1. The third kappa shape index (κ3) is 5.42. The molecule has 3 rings (SSSR count). The van der Waals surface area contributed by atoms with Crippen LogP contribution in [0.15, 0.2) is 29.6 Å². The van der Waals surface area contributed by atoms with E-state index < -0.39 is 0 Å². The summed E-state index contributed by atoms with van der Waals surface area (Å²) >= 11 is 1.60. The molecule has 1 aliphatic rings. The number of rotatable bonds is 4. The minimum Gasteiger partial charge on any atom is -0.349 e. The van der Waals surface area contributed by atoms with E-state index in [1.165, 1.54) is 12.8 Å². The number of amides is 1. The van der Waals surface area contributed by atoms with Crippen molar-refractivity contribution in [1.82, 2.24) is 10.3 Å². The highest BCUT2D eigenvalue weighted by Gasteiger charge is 2.25. The van der Waals surface area contributed by atoms with Crippen molar-refractivity contribution in [2.45, 2.75) is 38.6 Å². The van der Waals surface area contributed by atoms with Crippen LogP contribution in [0.3, 0.4) is 0 Å². The molecule has 3 N–H and O–H groups in total. The van der Waals surface area contributed by atoms with Crippen LogP contribution in [0.2, 0.25) is 0 Å². The van der Waals surface area contributed by atoms with E-state index in [0.29, 0.717) is 18.0 Å². The van der Waals surface area contributed by atoms with Gasteiger partial charge in [0.05, 0.1) is 0 Å². The normalized spacial score (nSPS) is 19.4. The fraction of sp³-hybridized carbons (Fsp3) is 0.444. The van der Waals surface area contributed by atoms with Crippen LogP contribution in [0.1, 0.15) is 41.7 Å². The van der Waals surface area contributed by atoms with Gasteiger partial charge < -0.3 is 11.1 Å². The summed E-state index contributed by atoms with van der Waals surface area (Å²) < 4.78 is 0. The van der Waals surface area contributed by atoms with E-state index in [4.69, 9.17) is 5.73 Å². The van der Waals surface area contributed by atoms with Crippen molar-refractivity contribution in [1.29, 1.82) is 0 Å². The summed E-state index contributed by atoms with van der Waals surface area (Å²) in [7, 11) is 0. The monoisotopic (exact) mass is 401 g/mol. The van der Waals surface area contributed by atoms with Gasteiger partial charge in [-0.3, -0.25) is 4.79 Å². The van der Waals surface area contributed by atoms with Gasteiger partial charge in [-0.2, -0.15) is 0 Å². The smallest absolute Gasteiger partial charge is 0.251 e. The summed E-state index contributed by atoms with van der Waals surface area (Å²) in [5, 5.41) is 6.16. The van der Waals surface area contributed by atoms with Crippen LogP contribution in [0, 0.1) is 12.8 Å². The standard InChI is InChI=1S/C18H23N3OS.2ClH/c1-12-11-23-18(20-12)14-7-4-6-13(9-14)17(22)21-16-8-3-2-5-15(16)10-19;;/h4,6-7,9,11,15-16H,2-3,5,8,10,19H2,1H3,(H,21,22);2*1H. The highest BCUT2D eigenvalue weighted by molar-refractivity contribution is 7.13. The predicted octanol–water partition coefficient (Wildman–Crippen LogP) is 4.21. The molecule has 1 amide bonds. The van der Waals surface area contributed by atoms with Crippen molar-refractivity contribution < 1.29 is 4.79 Å². The predicted molar refractivity (Wildman–Crippen MR) is 109 cm³/mol. The molecule has 1 aromatic heterocycles. The first-order chi connectivity index (χ1) is 11.2. The molecule has 1 saturated carbocycles. The van der Waals surface area contributed by atoms with Crippen molar-refractivity contribution in [3.8, 4) is 10.6 Å². The van der Waals surface area contributed by atoms with Crippen LogP contribution < -0.4 is 11.1 Å². The number of halogens is 2. The SMILES string of the molecule is Cc1csc(-c2cccc(C(=O)NC3CCCCC3CN)c2)n1.Cl.Cl. The zero-order chi connectivity index (χ0) is 16.2. The van der Waals surface area contributed by atoms with Crippen LogP contribution in [0.4, 0.5) is 0 Å². The lowest BCUT2D eigenvalue weighted by Crippen LogP contribution is -2.44. The molecule has 0 radical (unpaired) electrons. The van der Waals surface area contributed by atoms with Gasteiger partial charge in [0.15, 0.2) is 0 Å². The fourth-order valence-corrected chi connectivity index (χ4v) is 4.01. The van der Waals surface area contributed by atoms with Crippen molar-refractivity contribution in [2.24, 2.45) is 11.7 Å². The Bertz CT molecular complexity index is 692. The molecule has 0 saturated heterocycles. The average molecular weight is 402 g/mol. The summed E-state index contributed by atoms with van der Waals surface area (Å²) in [6.07, 6.45) is 4.52. The summed E-state index contributed by atoms with van der Waals surface area (Å²) in [6.45, 7) is 2.62. The second-order valence-electron chi connectivity index (χ2n) is 6.24. The van der Waals surface area contributed by atoms with Gasteiger partial charge in [-0.1, -0.05) is 25.0 Å². The van der Waals surface area contributed by atoms with Crippen LogP contribution in [0.25, 0.3) is 10.6 Å². The molecule has 138 valence electrons. The van der Waals surface area contributed by atoms with E-state index in [1.54, 1.807) is 11.3 Å². The topological polar surface area (TPSA) is 68.0 Å². The summed E-state index contributed by atoms with van der Waals surface area (Å²) in [5.41, 5.74) is 8.55. The fourth-order valence-electron chi connectivity index (χ4n) is 3.21. The Kier molecular flexibility index (Phi) is 8.86. The maximum Gasteiger partial charge on any atom is 0.251 e. The van der Waals surface area contributed by atoms with Crippen LogP contribution in [0.5, 0.6) is 0 Å². The van der Waals surface area contributed by atoms with Crippen LogP contribution in [-0.2, 0) is 0 Å². The number of thiazole rings is 1. The maximum absolute atomic E-state index is 12.6. The van der Waals surface area contributed by atoms with Crippen LogP contribution >= 0.6 is 36.2 Å². The first kappa shape index (κ1) is 21.9. The van der Waals surface area contributed by atoms with Gasteiger partial charge in [-0.15, -0.1) is 36.2 Å². The van der Waals surface area contributed by atoms with E-state index in [0.717, 1.165) is 29.1 Å². The van der Waals surface area contributed by atoms with Crippen molar-refractivity contribution in [2.75, 3.05) is 6.54 Å². The number of hydrogen-bond donors (Lipinski definition) is 2. The Morgan fingerprint density at radius 2 is 2.08 bits per heavy atom. The molecule has 2 aromatic rings. The molecule has 1 fully saturated rings. The van der Waals surface area contributed by atoms with Crippen molar-refractivity contribution in [3.05, 3.63) is 40.9 Å². The Balaban J connectivity index is 0.00000156. The number of nitrogens with zero attached hydrogens (tertiary/aromatic N) is 1. The summed E-state index contributed by atoms with van der Waals surface area (Å²) in [5.74, 6) is 0.392. The highest BCUT2D eigenvalue weighted by Crippen LogP contribution is 2.26. The molecule has 1 aromatic carbocycles. The Morgan fingerprint density at radius 1 is 1.32 bits per heavy atom. The van der Waals surface area contributed by atoms with Crippen molar-refractivity contribution in [3.63, 3.8) is 0 Å². The first-order valence-corrected chi connectivity index (χ1v) is 9.09. The van der Waals surface area contributed by atoms with Gasteiger partial charge in [0.25, 0.3) is 5.91 Å². The molecule has 4 nitrogen and oxygen atoms in total. The second-order valence-corrected chi connectivity index (χ2v) is 7.09. The van der Waals surface area contributed by atoms with Crippen LogP contribution in [-0.4, -0.2) is 23.5 Å². The number of carbonyl (C=O) groups excluding carboxylic acids is 1. The molecule has 1 aliphatic carbocycles. The second kappa shape index (κ2) is 10.1. The van der Waals surface area contributed by atoms with Gasteiger partial charge >= 0.3 is 0 Å². The molecule has 0 bridgehead atoms. The Morgan fingerprint density at radius 3 is 2.76 bits per heavy atom. The number of benzene rings is 1.